The van der Waals surface area contributed by atoms with Gasteiger partial charge < -0.3 is 9.15 Å². The van der Waals surface area contributed by atoms with E-state index in [1.54, 1.807) is 24.3 Å². The quantitative estimate of drug-likeness (QED) is 0.565. The molecule has 7 nitrogen and oxygen atoms in total. The fourth-order valence-corrected chi connectivity index (χ4v) is 3.08. The molecule has 29 heavy (non-hydrogen) atoms. The average Bonchev–Trinajstić information content (AvgIpc) is 3.27. The lowest BCUT2D eigenvalue weighted by atomic mass is 10.1. The van der Waals surface area contributed by atoms with E-state index in [0.717, 1.165) is 0 Å². The summed E-state index contributed by atoms with van der Waals surface area (Å²) in [6.07, 6.45) is 0.848. The number of nitrogens with zero attached hydrogens (tertiary/aromatic N) is 3. The van der Waals surface area contributed by atoms with Crippen LogP contribution in [-0.2, 0) is 6.42 Å². The van der Waals surface area contributed by atoms with Crippen LogP contribution in [0.25, 0.3) is 11.5 Å². The zero-order valence-corrected chi connectivity index (χ0v) is 15.0. The van der Waals surface area contributed by atoms with Gasteiger partial charge in [-0.05, 0) is 42.8 Å². The van der Waals surface area contributed by atoms with E-state index in [4.69, 9.17) is 4.42 Å². The lowest BCUT2D eigenvalue weighted by Gasteiger charge is -2.12. The molecule has 4 rings (SSSR count). The van der Waals surface area contributed by atoms with Crippen molar-refractivity contribution in [3.05, 3.63) is 65.5 Å². The number of benzene rings is 2. The molecule has 0 bridgehead atoms. The molecule has 0 fully saturated rings. The van der Waals surface area contributed by atoms with Gasteiger partial charge in [0.1, 0.15) is 5.75 Å². The van der Waals surface area contributed by atoms with Crippen LogP contribution in [0.5, 0.6) is 5.75 Å². The highest BCUT2D eigenvalue weighted by molar-refractivity contribution is 6.21. The maximum Gasteiger partial charge on any atom is 0.387 e. The van der Waals surface area contributed by atoms with Crippen molar-refractivity contribution in [1.82, 2.24) is 15.1 Å². The molecule has 0 unspecified atom stereocenters. The molecular formula is C20H15F2N3O4. The number of rotatable bonds is 7. The molecule has 2 aromatic carbocycles. The highest BCUT2D eigenvalue weighted by Crippen LogP contribution is 2.24. The molecule has 0 saturated carbocycles. The van der Waals surface area contributed by atoms with Gasteiger partial charge in [-0.25, -0.2) is 0 Å². The predicted octanol–water partition coefficient (Wildman–Crippen LogP) is 3.57. The maximum atomic E-state index is 12.3. The van der Waals surface area contributed by atoms with Crippen molar-refractivity contribution in [2.45, 2.75) is 19.5 Å². The minimum absolute atomic E-state index is 0.0319. The molecule has 0 saturated heterocycles. The van der Waals surface area contributed by atoms with Crippen LogP contribution in [0, 0.1) is 0 Å². The second kappa shape index (κ2) is 7.78. The van der Waals surface area contributed by atoms with Crippen LogP contribution in [0.1, 0.15) is 33.0 Å². The topological polar surface area (TPSA) is 85.5 Å². The third-order valence-electron chi connectivity index (χ3n) is 4.44. The largest absolute Gasteiger partial charge is 0.435 e. The number of hydrogen-bond donors (Lipinski definition) is 0. The minimum Gasteiger partial charge on any atom is -0.435 e. The summed E-state index contributed by atoms with van der Waals surface area (Å²) in [5.74, 6) is 0.0177. The Bertz CT molecular complexity index is 1010. The molecule has 148 valence electrons. The first-order valence-electron chi connectivity index (χ1n) is 8.86. The number of aryl methyl sites for hydroxylation is 1. The molecule has 9 heteroatoms. The van der Waals surface area contributed by atoms with Crippen LogP contribution in [0.15, 0.2) is 52.9 Å². The van der Waals surface area contributed by atoms with E-state index in [1.807, 2.05) is 0 Å². The normalized spacial score (nSPS) is 13.3. The molecule has 0 radical (unpaired) electrons. The van der Waals surface area contributed by atoms with E-state index in [1.165, 1.54) is 29.2 Å². The first kappa shape index (κ1) is 18.7. The summed E-state index contributed by atoms with van der Waals surface area (Å²) < 4.78 is 34.3. The van der Waals surface area contributed by atoms with Crippen molar-refractivity contribution in [2.75, 3.05) is 6.54 Å². The molecule has 0 spiro atoms. The lowest BCUT2D eigenvalue weighted by Crippen LogP contribution is -2.30. The van der Waals surface area contributed by atoms with Gasteiger partial charge >= 0.3 is 6.61 Å². The van der Waals surface area contributed by atoms with E-state index >= 15 is 0 Å². The summed E-state index contributed by atoms with van der Waals surface area (Å²) in [6, 6.07) is 12.6. The van der Waals surface area contributed by atoms with E-state index in [-0.39, 0.29) is 30.0 Å². The molecule has 3 aromatic rings. The highest BCUT2D eigenvalue weighted by Gasteiger charge is 2.34. The molecular weight excluding hydrogens is 384 g/mol. The second-order valence-corrected chi connectivity index (χ2v) is 6.31. The van der Waals surface area contributed by atoms with Gasteiger partial charge in [-0.2, -0.15) is 8.78 Å². The molecule has 1 aromatic heterocycles. The Labute approximate surface area is 163 Å². The predicted molar refractivity (Wildman–Crippen MR) is 96.5 cm³/mol. The Kier molecular flexibility index (Phi) is 5.03. The van der Waals surface area contributed by atoms with Crippen molar-refractivity contribution < 1.29 is 27.5 Å². The molecule has 2 amide bonds. The minimum atomic E-state index is -2.89. The second-order valence-electron chi connectivity index (χ2n) is 6.31. The number of alkyl halides is 2. The van der Waals surface area contributed by atoms with Crippen molar-refractivity contribution in [3.63, 3.8) is 0 Å². The zero-order valence-electron chi connectivity index (χ0n) is 15.0. The third-order valence-corrected chi connectivity index (χ3v) is 4.44. The number of imide groups is 1. The number of carbonyl (C=O) groups is 2. The van der Waals surface area contributed by atoms with Crippen molar-refractivity contribution in [3.8, 4) is 17.2 Å². The number of ether oxygens (including phenoxy) is 1. The van der Waals surface area contributed by atoms with Crippen LogP contribution >= 0.6 is 0 Å². The van der Waals surface area contributed by atoms with Crippen LogP contribution in [0.2, 0.25) is 0 Å². The van der Waals surface area contributed by atoms with E-state index < -0.39 is 6.61 Å². The number of hydrogen-bond acceptors (Lipinski definition) is 6. The van der Waals surface area contributed by atoms with Gasteiger partial charge in [-0.15, -0.1) is 10.2 Å². The summed E-state index contributed by atoms with van der Waals surface area (Å²) in [4.78, 5) is 25.9. The molecule has 0 aliphatic carbocycles. The molecule has 0 N–H and O–H groups in total. The summed E-state index contributed by atoms with van der Waals surface area (Å²) in [5.41, 5.74) is 1.39. The van der Waals surface area contributed by atoms with Crippen LogP contribution in [0.3, 0.4) is 0 Å². The third kappa shape index (κ3) is 3.84. The van der Waals surface area contributed by atoms with Crippen LogP contribution in [-0.4, -0.2) is 40.1 Å². The molecule has 0 atom stereocenters. The van der Waals surface area contributed by atoms with Crippen LogP contribution in [0.4, 0.5) is 8.78 Å². The summed E-state index contributed by atoms with van der Waals surface area (Å²) >= 11 is 0. The first-order valence-corrected chi connectivity index (χ1v) is 8.86. The summed E-state index contributed by atoms with van der Waals surface area (Å²) in [7, 11) is 0. The van der Waals surface area contributed by atoms with Gasteiger partial charge in [-0.3, -0.25) is 14.5 Å². The smallest absolute Gasteiger partial charge is 0.387 e. The maximum absolute atomic E-state index is 12.3. The SMILES string of the molecule is O=C1c2ccccc2C(=O)N1CCCc1nnc(-c2ccc(OC(F)F)cc2)o1. The van der Waals surface area contributed by atoms with Crippen molar-refractivity contribution >= 4 is 11.8 Å². The van der Waals surface area contributed by atoms with Gasteiger partial charge in [0.25, 0.3) is 11.8 Å². The molecule has 2 heterocycles. The van der Waals surface area contributed by atoms with Gasteiger partial charge in [0, 0.05) is 18.5 Å². The van der Waals surface area contributed by atoms with Crippen molar-refractivity contribution in [2.24, 2.45) is 0 Å². The Balaban J connectivity index is 1.35. The Morgan fingerprint density at radius 1 is 0.966 bits per heavy atom. The zero-order chi connectivity index (χ0) is 20.4. The highest BCUT2D eigenvalue weighted by atomic mass is 19.3. The van der Waals surface area contributed by atoms with Gasteiger partial charge in [0.05, 0.1) is 11.1 Å². The monoisotopic (exact) mass is 399 g/mol. The van der Waals surface area contributed by atoms with Crippen molar-refractivity contribution in [1.29, 1.82) is 0 Å². The average molecular weight is 399 g/mol. The number of carbonyl (C=O) groups excluding carboxylic acids is 2. The first-order chi connectivity index (χ1) is 14.0. The Hall–Kier alpha value is -3.62. The van der Waals surface area contributed by atoms with E-state index in [2.05, 4.69) is 14.9 Å². The van der Waals surface area contributed by atoms with Gasteiger partial charge in [-0.1, -0.05) is 12.1 Å². The summed E-state index contributed by atoms with van der Waals surface area (Å²) in [5, 5.41) is 7.89. The standard InChI is InChI=1S/C20H15F2N3O4/c21-20(22)28-13-9-7-12(8-10-13)17-24-23-16(29-17)6-3-11-25-18(26)14-4-1-2-5-15(14)19(25)27/h1-2,4-5,7-10,20H,3,6,11H2. The number of halogens is 2. The number of amides is 2. The van der Waals surface area contributed by atoms with Gasteiger partial charge in [0.15, 0.2) is 0 Å². The Morgan fingerprint density at radius 3 is 2.24 bits per heavy atom. The number of fused-ring (bicyclic) bond motifs is 1. The summed E-state index contributed by atoms with van der Waals surface area (Å²) in [6.45, 7) is -2.65. The molecule has 1 aliphatic heterocycles. The Morgan fingerprint density at radius 2 is 1.62 bits per heavy atom. The van der Waals surface area contributed by atoms with E-state index in [0.29, 0.717) is 35.4 Å². The van der Waals surface area contributed by atoms with Gasteiger partial charge in [0.2, 0.25) is 11.8 Å². The lowest BCUT2D eigenvalue weighted by molar-refractivity contribution is -0.0498. The number of aromatic nitrogens is 2. The molecule has 1 aliphatic rings. The van der Waals surface area contributed by atoms with E-state index in [9.17, 15) is 18.4 Å². The fraction of sp³-hybridized carbons (Fsp3) is 0.200. The van der Waals surface area contributed by atoms with Crippen LogP contribution < -0.4 is 4.74 Å². The fourth-order valence-electron chi connectivity index (χ4n) is 3.08.